The molecular weight excluding hydrogens is 388 g/mol. The van der Waals surface area contributed by atoms with E-state index in [0.717, 1.165) is 22.4 Å². The van der Waals surface area contributed by atoms with Crippen molar-refractivity contribution >= 4 is 23.4 Å². The number of amides is 1. The third-order valence-corrected chi connectivity index (χ3v) is 4.62. The lowest BCUT2D eigenvalue weighted by molar-refractivity contribution is -0.121. The number of likely N-dealkylation sites (N-methyl/N-ethyl adjacent to an activating group) is 1. The number of unbranched alkanes of at least 4 members (excludes halogenated alkanes) is 1. The molecule has 30 heavy (non-hydrogen) atoms. The number of aromatic nitrogens is 2. The van der Waals surface area contributed by atoms with Crippen LogP contribution in [0.1, 0.15) is 48.2 Å². The number of esters is 1. The van der Waals surface area contributed by atoms with Gasteiger partial charge in [-0.3, -0.25) is 19.1 Å². The van der Waals surface area contributed by atoms with Gasteiger partial charge in [0.05, 0.1) is 5.56 Å². The van der Waals surface area contributed by atoms with Gasteiger partial charge < -0.3 is 15.4 Å². The number of aromatic amines is 1. The summed E-state index contributed by atoms with van der Waals surface area (Å²) < 4.78 is 6.38. The molecule has 0 saturated carbocycles. The van der Waals surface area contributed by atoms with Crippen LogP contribution >= 0.6 is 0 Å². The van der Waals surface area contributed by atoms with Crippen LogP contribution in [0.15, 0.2) is 27.8 Å². The van der Waals surface area contributed by atoms with Crippen molar-refractivity contribution < 1.29 is 14.3 Å². The molecule has 2 rings (SSSR count). The lowest BCUT2D eigenvalue weighted by Crippen LogP contribution is -2.42. The monoisotopic (exact) mass is 416 g/mol. The first-order valence-electron chi connectivity index (χ1n) is 9.87. The average molecular weight is 416 g/mol. The molecule has 0 fully saturated rings. The lowest BCUT2D eigenvalue weighted by atomic mass is 10.1. The average Bonchev–Trinajstić information content (AvgIpc) is 2.68. The fourth-order valence-electron chi connectivity index (χ4n) is 3.22. The summed E-state index contributed by atoms with van der Waals surface area (Å²) in [6, 6.07) is 5.26. The van der Waals surface area contributed by atoms with E-state index in [9.17, 15) is 19.2 Å². The molecule has 0 aliphatic heterocycles. The Hall–Kier alpha value is -3.36. The summed E-state index contributed by atoms with van der Waals surface area (Å²) in [5.41, 5.74) is 6.69. The number of aryl methyl sites for hydroxylation is 2. The van der Waals surface area contributed by atoms with Crippen molar-refractivity contribution in [1.82, 2.24) is 9.55 Å². The number of H-pyrrole nitrogens is 1. The van der Waals surface area contributed by atoms with Crippen LogP contribution in [0, 0.1) is 13.8 Å². The lowest BCUT2D eigenvalue weighted by Gasteiger charge is -2.23. The summed E-state index contributed by atoms with van der Waals surface area (Å²) in [5.74, 6) is -1.35. The smallest absolute Gasteiger partial charge is 0.338 e. The van der Waals surface area contributed by atoms with Gasteiger partial charge in [0.25, 0.3) is 11.5 Å². The molecule has 0 spiro atoms. The van der Waals surface area contributed by atoms with E-state index in [2.05, 4.69) is 4.98 Å². The minimum Gasteiger partial charge on any atom is -0.452 e. The van der Waals surface area contributed by atoms with Gasteiger partial charge in [0.2, 0.25) is 0 Å². The number of nitrogens with two attached hydrogens (primary N) is 1. The fraction of sp³-hybridized carbons (Fsp3) is 0.429. The minimum atomic E-state index is -0.763. The molecule has 1 amide bonds. The van der Waals surface area contributed by atoms with Crippen LogP contribution in [0.2, 0.25) is 0 Å². The zero-order chi connectivity index (χ0) is 22.4. The highest BCUT2D eigenvalue weighted by atomic mass is 16.5. The Bertz CT molecular complexity index is 1030. The molecule has 0 aliphatic carbocycles. The number of nitrogen functional groups attached to an aromatic ring is 1. The Balaban J connectivity index is 2.25. The van der Waals surface area contributed by atoms with E-state index in [1.165, 1.54) is 4.57 Å². The van der Waals surface area contributed by atoms with Gasteiger partial charge in [-0.25, -0.2) is 9.59 Å². The van der Waals surface area contributed by atoms with Gasteiger partial charge in [-0.15, -0.1) is 0 Å². The van der Waals surface area contributed by atoms with Gasteiger partial charge >= 0.3 is 11.7 Å². The van der Waals surface area contributed by atoms with E-state index in [1.807, 2.05) is 26.8 Å². The Labute approximate surface area is 174 Å². The molecular formula is C21H28N4O5. The standard InChI is InChI=1S/C21H28N4O5/c1-5-7-8-25-18(22)17(19(27)23-21(25)29)24(6-2)16(26)12-30-20(28)15-10-13(3)9-14(4)11-15/h9-11H,5-8,12,22H2,1-4H3,(H,23,27,29). The number of nitrogens with zero attached hydrogens (tertiary/aromatic N) is 2. The number of hydrogen-bond acceptors (Lipinski definition) is 6. The molecule has 9 nitrogen and oxygen atoms in total. The van der Waals surface area contributed by atoms with E-state index in [0.29, 0.717) is 18.5 Å². The van der Waals surface area contributed by atoms with Crippen molar-refractivity contribution in [1.29, 1.82) is 0 Å². The number of carbonyl (C=O) groups excluding carboxylic acids is 2. The molecule has 1 heterocycles. The molecule has 3 N–H and O–H groups in total. The number of hydrogen-bond donors (Lipinski definition) is 2. The maximum absolute atomic E-state index is 12.7. The Morgan fingerprint density at radius 2 is 1.77 bits per heavy atom. The van der Waals surface area contributed by atoms with Crippen molar-refractivity contribution in [3.63, 3.8) is 0 Å². The second kappa shape index (κ2) is 9.91. The second-order valence-corrected chi connectivity index (χ2v) is 7.09. The summed E-state index contributed by atoms with van der Waals surface area (Å²) >= 11 is 0. The van der Waals surface area contributed by atoms with Crippen LogP contribution in [0.4, 0.5) is 11.5 Å². The van der Waals surface area contributed by atoms with Crippen molar-refractivity contribution in [2.24, 2.45) is 0 Å². The molecule has 0 atom stereocenters. The SMILES string of the molecule is CCCCn1c(N)c(N(CC)C(=O)COC(=O)c2cc(C)cc(C)c2)c(=O)[nH]c1=O. The molecule has 2 aromatic rings. The predicted molar refractivity (Wildman–Crippen MR) is 115 cm³/mol. The van der Waals surface area contributed by atoms with Gasteiger partial charge in [-0.1, -0.05) is 30.5 Å². The van der Waals surface area contributed by atoms with E-state index in [4.69, 9.17) is 10.5 Å². The summed E-state index contributed by atoms with van der Waals surface area (Å²) in [6.45, 7) is 7.19. The Morgan fingerprint density at radius 3 is 2.33 bits per heavy atom. The molecule has 1 aromatic heterocycles. The Morgan fingerprint density at radius 1 is 1.13 bits per heavy atom. The summed E-state index contributed by atoms with van der Waals surface area (Å²) in [4.78, 5) is 52.8. The Kier molecular flexibility index (Phi) is 7.57. The van der Waals surface area contributed by atoms with Gasteiger partial charge in [0.1, 0.15) is 5.82 Å². The topological polar surface area (TPSA) is 127 Å². The number of anilines is 2. The molecule has 0 aliphatic rings. The van der Waals surface area contributed by atoms with Crippen LogP contribution in [-0.4, -0.2) is 34.6 Å². The van der Waals surface area contributed by atoms with Crippen LogP contribution < -0.4 is 21.9 Å². The summed E-state index contributed by atoms with van der Waals surface area (Å²) in [7, 11) is 0. The van der Waals surface area contributed by atoms with Crippen molar-refractivity contribution in [2.75, 3.05) is 23.8 Å². The van der Waals surface area contributed by atoms with E-state index >= 15 is 0 Å². The zero-order valence-corrected chi connectivity index (χ0v) is 17.8. The van der Waals surface area contributed by atoms with Crippen molar-refractivity contribution in [3.8, 4) is 0 Å². The number of benzene rings is 1. The number of carbonyl (C=O) groups is 2. The summed E-state index contributed by atoms with van der Waals surface area (Å²) in [5, 5.41) is 0. The highest BCUT2D eigenvalue weighted by molar-refractivity contribution is 5.98. The molecule has 0 saturated heterocycles. The molecule has 9 heteroatoms. The summed E-state index contributed by atoms with van der Waals surface area (Å²) in [6.07, 6.45) is 1.51. The largest absolute Gasteiger partial charge is 0.452 e. The van der Waals surface area contributed by atoms with Crippen molar-refractivity contribution in [3.05, 3.63) is 55.7 Å². The van der Waals surface area contributed by atoms with Gasteiger partial charge in [0.15, 0.2) is 12.3 Å². The zero-order valence-electron chi connectivity index (χ0n) is 17.8. The third kappa shape index (κ3) is 5.16. The predicted octanol–water partition coefficient (Wildman–Crippen LogP) is 1.75. The highest BCUT2D eigenvalue weighted by Gasteiger charge is 2.24. The molecule has 162 valence electrons. The molecule has 0 unspecified atom stereocenters. The normalized spacial score (nSPS) is 10.7. The van der Waals surface area contributed by atoms with Crippen LogP contribution in [0.25, 0.3) is 0 Å². The third-order valence-electron chi connectivity index (χ3n) is 4.62. The number of nitrogens with one attached hydrogen (secondary N) is 1. The fourth-order valence-corrected chi connectivity index (χ4v) is 3.22. The van der Waals surface area contributed by atoms with Crippen molar-refractivity contribution in [2.45, 2.75) is 47.1 Å². The highest BCUT2D eigenvalue weighted by Crippen LogP contribution is 2.17. The molecule has 0 bridgehead atoms. The van der Waals surface area contributed by atoms with E-state index in [1.54, 1.807) is 19.1 Å². The number of ether oxygens (including phenoxy) is 1. The first-order valence-corrected chi connectivity index (χ1v) is 9.87. The van der Waals surface area contributed by atoms with Gasteiger partial charge in [0, 0.05) is 13.1 Å². The quantitative estimate of drug-likeness (QED) is 0.631. The second-order valence-electron chi connectivity index (χ2n) is 7.09. The van der Waals surface area contributed by atoms with Gasteiger partial charge in [-0.2, -0.15) is 0 Å². The molecule has 0 radical (unpaired) electrons. The minimum absolute atomic E-state index is 0.0898. The van der Waals surface area contributed by atoms with Crippen LogP contribution in [0.3, 0.4) is 0 Å². The maximum Gasteiger partial charge on any atom is 0.338 e. The van der Waals surface area contributed by atoms with Gasteiger partial charge in [-0.05, 0) is 39.3 Å². The first kappa shape index (κ1) is 22.9. The first-order chi connectivity index (χ1) is 14.2. The van der Waals surface area contributed by atoms with Crippen LogP contribution in [0.5, 0.6) is 0 Å². The van der Waals surface area contributed by atoms with Crippen LogP contribution in [-0.2, 0) is 16.1 Å². The maximum atomic E-state index is 12.7. The molecule has 1 aromatic carbocycles. The number of rotatable bonds is 8. The van der Waals surface area contributed by atoms with E-state index in [-0.39, 0.29) is 18.1 Å². The van der Waals surface area contributed by atoms with E-state index < -0.39 is 29.7 Å².